The van der Waals surface area contributed by atoms with E-state index in [0.717, 1.165) is 18.4 Å². The van der Waals surface area contributed by atoms with Crippen molar-refractivity contribution in [1.82, 2.24) is 4.90 Å². The summed E-state index contributed by atoms with van der Waals surface area (Å²) in [7, 11) is 0. The summed E-state index contributed by atoms with van der Waals surface area (Å²) < 4.78 is 0. The molecule has 2 heteroatoms. The van der Waals surface area contributed by atoms with Crippen LogP contribution < -0.4 is 5.73 Å². The first-order chi connectivity index (χ1) is 7.90. The van der Waals surface area contributed by atoms with Crippen LogP contribution in [0.5, 0.6) is 0 Å². The number of piperidine rings is 1. The normalized spacial score (nSPS) is 31.3. The van der Waals surface area contributed by atoms with Crippen LogP contribution in [0.4, 0.5) is 0 Å². The predicted octanol–water partition coefficient (Wildman–Crippen LogP) is 2.63. The molecule has 1 aliphatic carbocycles. The first-order valence-corrected chi connectivity index (χ1v) is 7.32. The standard InChI is InChI=1S/C14H28N2/c15-9-4-1-5-10-16-11-8-13-6-2-3-7-14(13)12-16/h13-14H,1-12,15H2/t13-,14+/m1/s1. The minimum Gasteiger partial charge on any atom is -0.330 e. The molecule has 0 unspecified atom stereocenters. The van der Waals surface area contributed by atoms with Gasteiger partial charge in [-0.3, -0.25) is 0 Å². The van der Waals surface area contributed by atoms with E-state index >= 15 is 0 Å². The fourth-order valence-corrected chi connectivity index (χ4v) is 3.54. The quantitative estimate of drug-likeness (QED) is 0.727. The van der Waals surface area contributed by atoms with Gasteiger partial charge in [0, 0.05) is 6.54 Å². The van der Waals surface area contributed by atoms with Gasteiger partial charge in [0.2, 0.25) is 0 Å². The second-order valence-corrected chi connectivity index (χ2v) is 5.74. The van der Waals surface area contributed by atoms with Crippen LogP contribution in [0.3, 0.4) is 0 Å². The van der Waals surface area contributed by atoms with Crippen molar-refractivity contribution in [3.8, 4) is 0 Å². The van der Waals surface area contributed by atoms with Crippen molar-refractivity contribution in [3.63, 3.8) is 0 Å². The maximum Gasteiger partial charge on any atom is 0.00123 e. The first-order valence-electron chi connectivity index (χ1n) is 7.32. The minimum atomic E-state index is 0.866. The van der Waals surface area contributed by atoms with Gasteiger partial charge in [-0.25, -0.2) is 0 Å². The summed E-state index contributed by atoms with van der Waals surface area (Å²) in [5, 5.41) is 0. The molecule has 1 saturated heterocycles. The van der Waals surface area contributed by atoms with Crippen LogP contribution in [-0.4, -0.2) is 31.1 Å². The van der Waals surface area contributed by atoms with Crippen LogP contribution in [0.1, 0.15) is 51.4 Å². The third kappa shape index (κ3) is 3.46. The van der Waals surface area contributed by atoms with Gasteiger partial charge in [0.1, 0.15) is 0 Å². The second-order valence-electron chi connectivity index (χ2n) is 5.74. The Hall–Kier alpha value is -0.0800. The molecule has 2 N–H and O–H groups in total. The zero-order valence-corrected chi connectivity index (χ0v) is 10.7. The lowest BCUT2D eigenvalue weighted by Crippen LogP contribution is -2.42. The molecule has 94 valence electrons. The molecule has 0 amide bonds. The SMILES string of the molecule is NCCCCCN1CC[C@H]2CCCC[C@H]2C1. The van der Waals surface area contributed by atoms with E-state index in [1.807, 2.05) is 0 Å². The highest BCUT2D eigenvalue weighted by Gasteiger charge is 2.30. The van der Waals surface area contributed by atoms with Crippen LogP contribution in [0.2, 0.25) is 0 Å². The summed E-state index contributed by atoms with van der Waals surface area (Å²) in [5.74, 6) is 2.12. The highest BCUT2D eigenvalue weighted by molar-refractivity contribution is 4.83. The van der Waals surface area contributed by atoms with Gasteiger partial charge >= 0.3 is 0 Å². The fraction of sp³-hybridized carbons (Fsp3) is 1.00. The van der Waals surface area contributed by atoms with E-state index in [2.05, 4.69) is 4.90 Å². The van der Waals surface area contributed by atoms with E-state index in [-0.39, 0.29) is 0 Å². The first kappa shape index (κ1) is 12.4. The smallest absolute Gasteiger partial charge is 0.00123 e. The monoisotopic (exact) mass is 224 g/mol. The summed E-state index contributed by atoms with van der Waals surface area (Å²) in [6, 6.07) is 0. The Balaban J connectivity index is 1.65. The Morgan fingerprint density at radius 3 is 2.56 bits per heavy atom. The summed E-state index contributed by atoms with van der Waals surface area (Å²) >= 11 is 0. The molecule has 2 nitrogen and oxygen atoms in total. The molecular weight excluding hydrogens is 196 g/mol. The van der Waals surface area contributed by atoms with E-state index in [9.17, 15) is 0 Å². The van der Waals surface area contributed by atoms with Gasteiger partial charge in [0.15, 0.2) is 0 Å². The number of hydrogen-bond donors (Lipinski definition) is 1. The number of rotatable bonds is 5. The van der Waals surface area contributed by atoms with Gasteiger partial charge in [-0.15, -0.1) is 0 Å². The highest BCUT2D eigenvalue weighted by Crippen LogP contribution is 2.35. The lowest BCUT2D eigenvalue weighted by Gasteiger charge is -2.41. The van der Waals surface area contributed by atoms with Crippen molar-refractivity contribution in [1.29, 1.82) is 0 Å². The number of unbranched alkanes of at least 4 members (excludes halogenated alkanes) is 2. The summed E-state index contributed by atoms with van der Waals surface area (Å²) in [6.07, 6.45) is 11.4. The lowest BCUT2D eigenvalue weighted by molar-refractivity contribution is 0.0857. The van der Waals surface area contributed by atoms with E-state index in [0.29, 0.717) is 0 Å². The molecule has 0 spiro atoms. The third-order valence-electron chi connectivity index (χ3n) is 4.55. The van der Waals surface area contributed by atoms with Crippen molar-refractivity contribution in [2.24, 2.45) is 17.6 Å². The Labute approximate surface area is 101 Å². The molecular formula is C14H28N2. The number of nitrogens with zero attached hydrogens (tertiary/aromatic N) is 1. The van der Waals surface area contributed by atoms with E-state index in [4.69, 9.17) is 5.73 Å². The lowest BCUT2D eigenvalue weighted by atomic mass is 9.75. The molecule has 1 saturated carbocycles. The van der Waals surface area contributed by atoms with Gasteiger partial charge in [0.25, 0.3) is 0 Å². The molecule has 2 fully saturated rings. The molecule has 0 bridgehead atoms. The molecule has 2 rings (SSSR count). The van der Waals surface area contributed by atoms with Crippen LogP contribution in [0.15, 0.2) is 0 Å². The Kier molecular flexibility index (Phi) is 5.11. The molecule has 2 atom stereocenters. The zero-order valence-electron chi connectivity index (χ0n) is 10.7. The fourth-order valence-electron chi connectivity index (χ4n) is 3.54. The topological polar surface area (TPSA) is 29.3 Å². The Morgan fingerprint density at radius 1 is 0.938 bits per heavy atom. The average molecular weight is 224 g/mol. The van der Waals surface area contributed by atoms with Crippen molar-refractivity contribution >= 4 is 0 Å². The predicted molar refractivity (Wildman–Crippen MR) is 69.4 cm³/mol. The van der Waals surface area contributed by atoms with E-state index in [1.165, 1.54) is 71.0 Å². The van der Waals surface area contributed by atoms with Gasteiger partial charge in [-0.2, -0.15) is 0 Å². The summed E-state index contributed by atoms with van der Waals surface area (Å²) in [6.45, 7) is 4.95. The highest BCUT2D eigenvalue weighted by atomic mass is 15.1. The van der Waals surface area contributed by atoms with Crippen LogP contribution in [0, 0.1) is 11.8 Å². The molecule has 0 aromatic carbocycles. The van der Waals surface area contributed by atoms with Crippen LogP contribution >= 0.6 is 0 Å². The molecule has 0 radical (unpaired) electrons. The summed E-state index contributed by atoms with van der Waals surface area (Å²) in [4.78, 5) is 2.71. The minimum absolute atomic E-state index is 0.866. The van der Waals surface area contributed by atoms with Crippen molar-refractivity contribution in [2.45, 2.75) is 51.4 Å². The number of nitrogens with two attached hydrogens (primary N) is 1. The van der Waals surface area contributed by atoms with Crippen LogP contribution in [0.25, 0.3) is 0 Å². The van der Waals surface area contributed by atoms with E-state index in [1.54, 1.807) is 0 Å². The summed E-state index contributed by atoms with van der Waals surface area (Å²) in [5.41, 5.74) is 5.52. The van der Waals surface area contributed by atoms with Gasteiger partial charge < -0.3 is 10.6 Å². The third-order valence-corrected chi connectivity index (χ3v) is 4.55. The molecule has 0 aromatic rings. The van der Waals surface area contributed by atoms with Crippen LogP contribution in [-0.2, 0) is 0 Å². The van der Waals surface area contributed by atoms with Crippen molar-refractivity contribution < 1.29 is 0 Å². The molecule has 1 aliphatic heterocycles. The molecule has 0 aromatic heterocycles. The van der Waals surface area contributed by atoms with E-state index < -0.39 is 0 Å². The Morgan fingerprint density at radius 2 is 1.75 bits per heavy atom. The van der Waals surface area contributed by atoms with Gasteiger partial charge in [0.05, 0.1) is 0 Å². The number of fused-ring (bicyclic) bond motifs is 1. The largest absolute Gasteiger partial charge is 0.330 e. The van der Waals surface area contributed by atoms with Gasteiger partial charge in [-0.1, -0.05) is 25.7 Å². The van der Waals surface area contributed by atoms with Gasteiger partial charge in [-0.05, 0) is 57.2 Å². The second kappa shape index (κ2) is 6.61. The zero-order chi connectivity index (χ0) is 11.2. The molecule has 1 heterocycles. The molecule has 16 heavy (non-hydrogen) atoms. The maximum absolute atomic E-state index is 5.52. The molecule has 2 aliphatic rings. The average Bonchev–Trinajstić information content (AvgIpc) is 2.34. The number of hydrogen-bond acceptors (Lipinski definition) is 2. The Bertz CT molecular complexity index is 193. The van der Waals surface area contributed by atoms with Crippen molar-refractivity contribution in [2.75, 3.05) is 26.2 Å². The maximum atomic E-state index is 5.52. The number of likely N-dealkylation sites (tertiary alicyclic amines) is 1. The van der Waals surface area contributed by atoms with Crippen molar-refractivity contribution in [3.05, 3.63) is 0 Å².